The summed E-state index contributed by atoms with van der Waals surface area (Å²) in [5, 5.41) is 8.50. The largest absolute Gasteiger partial charge is 0.462 e. The molecular weight excluding hydrogens is 221 g/mol. The maximum atomic E-state index is 13.0. The van der Waals surface area contributed by atoms with E-state index in [1.54, 1.807) is 13.0 Å². The summed E-state index contributed by atoms with van der Waals surface area (Å²) in [5.41, 5.74) is -0.237. The van der Waals surface area contributed by atoms with E-state index in [9.17, 15) is 9.18 Å². The van der Waals surface area contributed by atoms with E-state index in [4.69, 9.17) is 21.6 Å². The van der Waals surface area contributed by atoms with E-state index >= 15 is 0 Å². The third kappa shape index (κ3) is 2.45. The van der Waals surface area contributed by atoms with E-state index in [0.29, 0.717) is 0 Å². The number of carbonyl (C=O) groups excluding carboxylic acids is 1. The van der Waals surface area contributed by atoms with Crippen molar-refractivity contribution in [2.45, 2.75) is 6.92 Å². The van der Waals surface area contributed by atoms with Crippen molar-refractivity contribution >= 4 is 17.6 Å². The van der Waals surface area contributed by atoms with Crippen molar-refractivity contribution in [2.75, 3.05) is 6.61 Å². The molecule has 5 heteroatoms. The van der Waals surface area contributed by atoms with Gasteiger partial charge in [0.2, 0.25) is 0 Å². The molecule has 1 aromatic rings. The molecule has 0 spiro atoms. The van der Waals surface area contributed by atoms with Crippen LogP contribution >= 0.6 is 11.6 Å². The lowest BCUT2D eigenvalue weighted by molar-refractivity contribution is 0.0526. The lowest BCUT2D eigenvalue weighted by atomic mass is 10.1. The van der Waals surface area contributed by atoms with Crippen LogP contribution in [0, 0.1) is 17.1 Å². The van der Waals surface area contributed by atoms with Gasteiger partial charge >= 0.3 is 5.97 Å². The van der Waals surface area contributed by atoms with E-state index in [-0.39, 0.29) is 22.8 Å². The second kappa shape index (κ2) is 4.76. The molecule has 0 atom stereocenters. The quantitative estimate of drug-likeness (QED) is 0.730. The molecule has 0 aromatic heterocycles. The van der Waals surface area contributed by atoms with E-state index in [1.807, 2.05) is 0 Å². The molecule has 0 radical (unpaired) electrons. The van der Waals surface area contributed by atoms with Gasteiger partial charge in [0.25, 0.3) is 0 Å². The minimum atomic E-state index is -0.754. The van der Waals surface area contributed by atoms with Crippen LogP contribution in [-0.4, -0.2) is 12.6 Å². The molecule has 0 heterocycles. The van der Waals surface area contributed by atoms with Gasteiger partial charge in [0, 0.05) is 0 Å². The average Bonchev–Trinajstić information content (AvgIpc) is 2.18. The number of hydrogen-bond acceptors (Lipinski definition) is 3. The first-order valence-electron chi connectivity index (χ1n) is 4.16. The molecule has 0 aliphatic carbocycles. The van der Waals surface area contributed by atoms with Gasteiger partial charge < -0.3 is 4.74 Å². The van der Waals surface area contributed by atoms with Crippen LogP contribution in [0.1, 0.15) is 22.8 Å². The summed E-state index contributed by atoms with van der Waals surface area (Å²) in [6, 6.07) is 3.62. The SMILES string of the molecule is CCOC(=O)c1cc(C#N)c(F)cc1Cl. The molecule has 3 nitrogen and oxygen atoms in total. The van der Waals surface area contributed by atoms with Crippen LogP contribution in [0.3, 0.4) is 0 Å². The smallest absolute Gasteiger partial charge is 0.339 e. The average molecular weight is 228 g/mol. The third-order valence-electron chi connectivity index (χ3n) is 1.67. The molecule has 0 amide bonds. The predicted molar refractivity (Wildman–Crippen MR) is 52.1 cm³/mol. The molecule has 0 saturated heterocycles. The van der Waals surface area contributed by atoms with Gasteiger partial charge in [0.1, 0.15) is 11.9 Å². The van der Waals surface area contributed by atoms with Gasteiger partial charge in [-0.1, -0.05) is 11.6 Å². The Morgan fingerprint density at radius 1 is 1.67 bits per heavy atom. The standard InChI is InChI=1S/C10H7ClFNO2/c1-2-15-10(14)7-3-6(5-13)9(12)4-8(7)11/h3-4H,2H2,1H3. The Bertz CT molecular complexity index is 440. The highest BCUT2D eigenvalue weighted by Crippen LogP contribution is 2.21. The molecule has 0 bridgehead atoms. The first kappa shape index (κ1) is 11.5. The molecule has 15 heavy (non-hydrogen) atoms. The van der Waals surface area contributed by atoms with Crippen LogP contribution < -0.4 is 0 Å². The fourth-order valence-corrected chi connectivity index (χ4v) is 1.23. The van der Waals surface area contributed by atoms with Crippen LogP contribution in [0.25, 0.3) is 0 Å². The van der Waals surface area contributed by atoms with Crippen LogP contribution in [0.5, 0.6) is 0 Å². The number of esters is 1. The Hall–Kier alpha value is -1.60. The highest BCUT2D eigenvalue weighted by atomic mass is 35.5. The van der Waals surface area contributed by atoms with Gasteiger partial charge in [-0.15, -0.1) is 0 Å². The summed E-state index contributed by atoms with van der Waals surface area (Å²) < 4.78 is 17.7. The minimum absolute atomic E-state index is 0.00327. The number of hydrogen-bond donors (Lipinski definition) is 0. The molecule has 1 aromatic carbocycles. The Balaban J connectivity index is 3.20. The minimum Gasteiger partial charge on any atom is -0.462 e. The number of rotatable bonds is 2. The second-order valence-electron chi connectivity index (χ2n) is 2.64. The fourth-order valence-electron chi connectivity index (χ4n) is 1.000. The van der Waals surface area contributed by atoms with E-state index in [0.717, 1.165) is 12.1 Å². The Morgan fingerprint density at radius 2 is 2.33 bits per heavy atom. The van der Waals surface area contributed by atoms with E-state index in [1.165, 1.54) is 0 Å². The first-order chi connectivity index (χ1) is 7.10. The van der Waals surface area contributed by atoms with Crippen molar-refractivity contribution in [1.29, 1.82) is 5.26 Å². The topological polar surface area (TPSA) is 50.1 Å². The van der Waals surface area contributed by atoms with Crippen LogP contribution in [0.15, 0.2) is 12.1 Å². The van der Waals surface area contributed by atoms with Gasteiger partial charge in [-0.3, -0.25) is 0 Å². The van der Waals surface area contributed by atoms with Gasteiger partial charge in [0.05, 0.1) is 22.8 Å². The fraction of sp³-hybridized carbons (Fsp3) is 0.200. The van der Waals surface area contributed by atoms with Crippen molar-refractivity contribution < 1.29 is 13.9 Å². The Morgan fingerprint density at radius 3 is 2.87 bits per heavy atom. The molecule has 0 aliphatic rings. The molecular formula is C10H7ClFNO2. The van der Waals surface area contributed by atoms with Gasteiger partial charge in [-0.25, -0.2) is 9.18 Å². The Labute approximate surface area is 91.0 Å². The number of benzene rings is 1. The van der Waals surface area contributed by atoms with Crippen molar-refractivity contribution in [3.63, 3.8) is 0 Å². The van der Waals surface area contributed by atoms with Gasteiger partial charge in [-0.2, -0.15) is 5.26 Å². The van der Waals surface area contributed by atoms with E-state index < -0.39 is 11.8 Å². The summed E-state index contributed by atoms with van der Waals surface area (Å²) in [4.78, 5) is 11.3. The van der Waals surface area contributed by atoms with Gasteiger partial charge in [0.15, 0.2) is 0 Å². The molecule has 1 rings (SSSR count). The zero-order chi connectivity index (χ0) is 11.4. The van der Waals surface area contributed by atoms with Crippen molar-refractivity contribution in [3.8, 4) is 6.07 Å². The normalized spacial score (nSPS) is 9.47. The first-order valence-corrected chi connectivity index (χ1v) is 4.54. The number of nitrogens with zero attached hydrogens (tertiary/aromatic N) is 1. The van der Waals surface area contributed by atoms with Crippen LogP contribution in [0.4, 0.5) is 4.39 Å². The number of halogens is 2. The lowest BCUT2D eigenvalue weighted by Crippen LogP contribution is -2.06. The summed E-state index contributed by atoms with van der Waals surface area (Å²) >= 11 is 5.64. The summed E-state index contributed by atoms with van der Waals surface area (Å²) in [7, 11) is 0. The number of ether oxygens (including phenoxy) is 1. The van der Waals surface area contributed by atoms with Crippen molar-refractivity contribution in [3.05, 3.63) is 34.1 Å². The lowest BCUT2D eigenvalue weighted by Gasteiger charge is -2.04. The monoisotopic (exact) mass is 227 g/mol. The maximum Gasteiger partial charge on any atom is 0.339 e. The van der Waals surface area contributed by atoms with Gasteiger partial charge in [-0.05, 0) is 19.1 Å². The Kier molecular flexibility index (Phi) is 3.64. The predicted octanol–water partition coefficient (Wildman–Crippen LogP) is 2.53. The third-order valence-corrected chi connectivity index (χ3v) is 1.99. The molecule has 78 valence electrons. The highest BCUT2D eigenvalue weighted by Gasteiger charge is 2.15. The summed E-state index contributed by atoms with van der Waals surface area (Å²) in [6.07, 6.45) is 0. The van der Waals surface area contributed by atoms with Crippen molar-refractivity contribution in [2.24, 2.45) is 0 Å². The van der Waals surface area contributed by atoms with Crippen LogP contribution in [0.2, 0.25) is 5.02 Å². The maximum absolute atomic E-state index is 13.0. The zero-order valence-electron chi connectivity index (χ0n) is 7.88. The second-order valence-corrected chi connectivity index (χ2v) is 3.05. The van der Waals surface area contributed by atoms with E-state index in [2.05, 4.69) is 0 Å². The summed E-state index contributed by atoms with van der Waals surface area (Å²) in [6.45, 7) is 1.83. The zero-order valence-corrected chi connectivity index (χ0v) is 8.64. The van der Waals surface area contributed by atoms with Crippen molar-refractivity contribution in [1.82, 2.24) is 0 Å². The molecule has 0 saturated carbocycles. The highest BCUT2D eigenvalue weighted by molar-refractivity contribution is 6.33. The molecule has 0 N–H and O–H groups in total. The molecule has 0 fully saturated rings. The molecule has 0 unspecified atom stereocenters. The summed E-state index contributed by atoms with van der Waals surface area (Å²) in [5.74, 6) is -1.42. The molecule has 0 aliphatic heterocycles. The number of nitriles is 1. The number of carbonyl (C=O) groups is 1. The van der Waals surface area contributed by atoms with Crippen LogP contribution in [-0.2, 0) is 4.74 Å².